The van der Waals surface area contributed by atoms with Gasteiger partial charge in [0.1, 0.15) is 18.7 Å². The van der Waals surface area contributed by atoms with Gasteiger partial charge in [0.05, 0.1) is 5.70 Å². The highest BCUT2D eigenvalue weighted by atomic mass is 32.2. The fraction of sp³-hybridized carbons (Fsp3) is 0.267. The first-order valence-electron chi connectivity index (χ1n) is 12.9. The number of amidine groups is 1. The number of allylic oxidation sites excluding steroid dienone is 1. The monoisotopic (exact) mass is 542 g/mol. The second kappa shape index (κ2) is 12.3. The van der Waals surface area contributed by atoms with Gasteiger partial charge in [0.25, 0.3) is 0 Å². The summed E-state index contributed by atoms with van der Waals surface area (Å²) in [5.74, 6) is 0.390. The summed E-state index contributed by atoms with van der Waals surface area (Å²) < 4.78 is 13.4. The molecule has 3 heterocycles. The van der Waals surface area contributed by atoms with Crippen LogP contribution in [0.25, 0.3) is 0 Å². The van der Waals surface area contributed by atoms with Crippen LogP contribution in [-0.4, -0.2) is 63.6 Å². The number of hydrogen-bond donors (Lipinski definition) is 0. The molecule has 5 rings (SSSR count). The van der Waals surface area contributed by atoms with Gasteiger partial charge in [-0.25, -0.2) is 19.4 Å². The van der Waals surface area contributed by atoms with E-state index in [2.05, 4.69) is 52.6 Å². The van der Waals surface area contributed by atoms with E-state index >= 15 is 0 Å². The van der Waals surface area contributed by atoms with Crippen LogP contribution in [0.4, 0.5) is 10.1 Å². The van der Waals surface area contributed by atoms with Crippen molar-refractivity contribution in [2.45, 2.75) is 19.1 Å². The number of nitrogens with zero attached hydrogens (tertiary/aromatic N) is 6. The van der Waals surface area contributed by atoms with Crippen molar-refractivity contribution in [2.75, 3.05) is 37.6 Å². The minimum absolute atomic E-state index is 0.0554. The normalized spacial score (nSPS) is 15.7. The highest BCUT2D eigenvalue weighted by Gasteiger charge is 2.26. The van der Waals surface area contributed by atoms with Crippen molar-refractivity contribution in [3.8, 4) is 0 Å². The molecule has 1 saturated heterocycles. The number of carbonyl (C=O) groups excluding carboxylic acids is 1. The smallest absolute Gasteiger partial charge is 0.242 e. The molecule has 7 nitrogen and oxygen atoms in total. The molecule has 1 amide bonds. The van der Waals surface area contributed by atoms with Gasteiger partial charge in [-0.05, 0) is 47.9 Å². The first kappa shape index (κ1) is 26.6. The summed E-state index contributed by atoms with van der Waals surface area (Å²) in [6.45, 7) is 9.35. The highest BCUT2D eigenvalue weighted by Crippen LogP contribution is 2.27. The first-order chi connectivity index (χ1) is 18.9. The number of aromatic nitrogens is 2. The summed E-state index contributed by atoms with van der Waals surface area (Å²) >= 11 is 1.51. The zero-order valence-corrected chi connectivity index (χ0v) is 22.8. The quantitative estimate of drug-likeness (QED) is 0.427. The van der Waals surface area contributed by atoms with Gasteiger partial charge < -0.3 is 14.7 Å². The molecule has 39 heavy (non-hydrogen) atoms. The maximum absolute atomic E-state index is 13.4. The van der Waals surface area contributed by atoms with Gasteiger partial charge >= 0.3 is 0 Å². The van der Waals surface area contributed by atoms with Crippen molar-refractivity contribution in [3.63, 3.8) is 0 Å². The summed E-state index contributed by atoms with van der Waals surface area (Å²) in [6, 6.07) is 14.9. The number of anilines is 1. The van der Waals surface area contributed by atoms with Crippen LogP contribution in [0, 0.1) is 12.7 Å². The van der Waals surface area contributed by atoms with E-state index in [4.69, 9.17) is 4.99 Å². The molecule has 1 fully saturated rings. The van der Waals surface area contributed by atoms with Crippen LogP contribution in [-0.2, 0) is 17.0 Å². The zero-order chi connectivity index (χ0) is 27.2. The van der Waals surface area contributed by atoms with Crippen molar-refractivity contribution in [3.05, 3.63) is 114 Å². The van der Waals surface area contributed by atoms with E-state index < -0.39 is 0 Å². The SMILES string of the molecule is C=C1N=C(SCc2ccc(F)cc2)N(CC(=O)N2CCN(c3ccc(C)cc3)CC2)C=C1Cc1cncnc1. The molecule has 0 radical (unpaired) electrons. The summed E-state index contributed by atoms with van der Waals surface area (Å²) in [7, 11) is 0. The number of aryl methyl sites for hydroxylation is 1. The molecular formula is C30H31FN6OS. The van der Waals surface area contributed by atoms with Gasteiger partial charge in [0.15, 0.2) is 5.17 Å². The van der Waals surface area contributed by atoms with Gasteiger partial charge in [-0.3, -0.25) is 4.79 Å². The van der Waals surface area contributed by atoms with Crippen molar-refractivity contribution in [2.24, 2.45) is 4.99 Å². The van der Waals surface area contributed by atoms with Crippen LogP contribution in [0.5, 0.6) is 0 Å². The number of benzene rings is 2. The predicted molar refractivity (Wildman–Crippen MR) is 155 cm³/mol. The van der Waals surface area contributed by atoms with Crippen LogP contribution in [0.15, 0.2) is 96.3 Å². The lowest BCUT2D eigenvalue weighted by molar-refractivity contribution is -0.131. The molecule has 0 aliphatic carbocycles. The number of thioether (sulfide) groups is 1. The van der Waals surface area contributed by atoms with E-state index in [1.807, 2.05) is 16.0 Å². The molecular weight excluding hydrogens is 511 g/mol. The second-order valence-corrected chi connectivity index (χ2v) is 10.6. The van der Waals surface area contributed by atoms with Gasteiger partial charge in [-0.2, -0.15) is 0 Å². The van der Waals surface area contributed by atoms with E-state index in [1.165, 1.54) is 41.5 Å². The van der Waals surface area contributed by atoms with Gasteiger partial charge in [0, 0.05) is 62.6 Å². The highest BCUT2D eigenvalue weighted by molar-refractivity contribution is 8.13. The van der Waals surface area contributed by atoms with Crippen LogP contribution in [0.3, 0.4) is 0 Å². The Morgan fingerprint density at radius 1 is 0.974 bits per heavy atom. The molecule has 2 aromatic carbocycles. The average Bonchev–Trinajstić information content (AvgIpc) is 2.96. The third-order valence-electron chi connectivity index (χ3n) is 6.79. The average molecular weight is 543 g/mol. The Bertz CT molecular complexity index is 1370. The largest absolute Gasteiger partial charge is 0.368 e. The Morgan fingerprint density at radius 2 is 1.67 bits per heavy atom. The maximum atomic E-state index is 13.4. The van der Waals surface area contributed by atoms with Crippen LogP contribution in [0.2, 0.25) is 0 Å². The summed E-state index contributed by atoms with van der Waals surface area (Å²) in [5.41, 5.74) is 5.90. The van der Waals surface area contributed by atoms with E-state index in [-0.39, 0.29) is 18.3 Å². The molecule has 0 spiro atoms. The van der Waals surface area contributed by atoms with Crippen molar-refractivity contribution in [1.29, 1.82) is 0 Å². The fourth-order valence-electron chi connectivity index (χ4n) is 4.53. The predicted octanol–water partition coefficient (Wildman–Crippen LogP) is 4.82. The number of halogens is 1. The number of rotatable bonds is 7. The number of amides is 1. The van der Waals surface area contributed by atoms with Crippen molar-refractivity contribution in [1.82, 2.24) is 19.8 Å². The molecule has 0 saturated carbocycles. The molecule has 9 heteroatoms. The van der Waals surface area contributed by atoms with Crippen LogP contribution in [0.1, 0.15) is 16.7 Å². The van der Waals surface area contributed by atoms with Crippen molar-refractivity contribution < 1.29 is 9.18 Å². The minimum Gasteiger partial charge on any atom is -0.368 e. The minimum atomic E-state index is -0.265. The Labute approximate surface area is 232 Å². The summed E-state index contributed by atoms with van der Waals surface area (Å²) in [5, 5.41) is 0.698. The lowest BCUT2D eigenvalue weighted by Crippen LogP contribution is -2.51. The molecule has 3 aromatic rings. The number of aliphatic imine (C=N–C) groups is 1. The first-order valence-corrected chi connectivity index (χ1v) is 13.9. The lowest BCUT2D eigenvalue weighted by atomic mass is 10.1. The standard InChI is InChI=1S/C30H31FN6OS/c1-22-3-9-28(10-4-22)35-11-13-36(14-12-35)29(38)19-37-18-26(15-25-16-32-21-33-17-25)23(2)34-30(37)39-20-24-5-7-27(31)8-6-24/h3-10,16-18,21H,2,11-15,19-20H2,1H3. The summed E-state index contributed by atoms with van der Waals surface area (Å²) in [4.78, 5) is 32.6. The Kier molecular flexibility index (Phi) is 8.36. The van der Waals surface area contributed by atoms with Gasteiger partial charge in [-0.1, -0.05) is 48.2 Å². The van der Waals surface area contributed by atoms with Crippen LogP contribution >= 0.6 is 11.8 Å². The van der Waals surface area contributed by atoms with E-state index in [9.17, 15) is 9.18 Å². The van der Waals surface area contributed by atoms with Gasteiger partial charge in [0.2, 0.25) is 5.91 Å². The number of carbonyl (C=O) groups is 1. The van der Waals surface area contributed by atoms with E-state index in [0.717, 1.165) is 29.8 Å². The third kappa shape index (κ3) is 6.92. The van der Waals surface area contributed by atoms with Crippen molar-refractivity contribution >= 4 is 28.5 Å². The third-order valence-corrected chi connectivity index (χ3v) is 7.85. The maximum Gasteiger partial charge on any atom is 0.242 e. The zero-order valence-electron chi connectivity index (χ0n) is 22.0. The summed E-state index contributed by atoms with van der Waals surface area (Å²) in [6.07, 6.45) is 7.58. The fourth-order valence-corrected chi connectivity index (χ4v) is 5.48. The Morgan fingerprint density at radius 3 is 2.36 bits per heavy atom. The van der Waals surface area contributed by atoms with Crippen LogP contribution < -0.4 is 4.90 Å². The van der Waals surface area contributed by atoms with E-state index in [0.29, 0.717) is 36.1 Å². The topological polar surface area (TPSA) is 64.9 Å². The number of hydrogen-bond acceptors (Lipinski definition) is 7. The molecule has 2 aliphatic heterocycles. The van der Waals surface area contributed by atoms with E-state index in [1.54, 1.807) is 24.5 Å². The molecule has 0 bridgehead atoms. The second-order valence-electron chi connectivity index (χ2n) is 9.67. The Balaban J connectivity index is 1.27. The molecule has 2 aliphatic rings. The Hall–Kier alpha value is -3.98. The molecule has 0 N–H and O–H groups in total. The number of piperazine rings is 1. The lowest BCUT2D eigenvalue weighted by Gasteiger charge is -2.37. The van der Waals surface area contributed by atoms with Gasteiger partial charge in [-0.15, -0.1) is 0 Å². The molecule has 0 unspecified atom stereocenters. The molecule has 200 valence electrons. The molecule has 1 aromatic heterocycles. The molecule has 0 atom stereocenters.